The number of carbonyl (C=O) groups excluding carboxylic acids is 2. The third-order valence-electron chi connectivity index (χ3n) is 2.25. The Morgan fingerprint density at radius 3 is 2.25 bits per heavy atom. The first-order valence-electron chi connectivity index (χ1n) is 6.33. The van der Waals surface area contributed by atoms with Gasteiger partial charge in [-0.05, 0) is 38.5 Å². The van der Waals surface area contributed by atoms with Crippen LogP contribution in [0.3, 0.4) is 0 Å². The van der Waals surface area contributed by atoms with Gasteiger partial charge in [-0.3, -0.25) is 5.43 Å². The Hall–Kier alpha value is -2.37. The van der Waals surface area contributed by atoms with Crippen LogP contribution in [0.4, 0.5) is 5.69 Å². The lowest BCUT2D eigenvalue weighted by Crippen LogP contribution is -2.29. The number of hydrogen-bond donors (Lipinski definition) is 1. The van der Waals surface area contributed by atoms with Crippen LogP contribution < -0.4 is 5.43 Å². The van der Waals surface area contributed by atoms with Crippen LogP contribution in [-0.4, -0.2) is 30.9 Å². The summed E-state index contributed by atoms with van der Waals surface area (Å²) in [5, 5.41) is 3.79. The van der Waals surface area contributed by atoms with Gasteiger partial charge in [0.25, 0.3) is 5.71 Å². The Balaban J connectivity index is 2.89. The first kappa shape index (κ1) is 15.7. The van der Waals surface area contributed by atoms with Gasteiger partial charge < -0.3 is 9.47 Å². The van der Waals surface area contributed by atoms with Crippen LogP contribution >= 0.6 is 0 Å². The van der Waals surface area contributed by atoms with Gasteiger partial charge in [0.1, 0.15) is 0 Å². The number of rotatable bonds is 6. The molecule has 0 saturated carbocycles. The van der Waals surface area contributed by atoms with E-state index in [1.54, 1.807) is 19.9 Å². The molecule has 0 spiro atoms. The van der Waals surface area contributed by atoms with E-state index in [9.17, 15) is 9.59 Å². The molecule has 0 fully saturated rings. The van der Waals surface area contributed by atoms with Crippen LogP contribution in [0.2, 0.25) is 0 Å². The molecule has 108 valence electrons. The van der Waals surface area contributed by atoms with Crippen molar-refractivity contribution in [2.45, 2.75) is 20.8 Å². The van der Waals surface area contributed by atoms with Crippen LogP contribution in [0.1, 0.15) is 19.4 Å². The van der Waals surface area contributed by atoms with E-state index in [0.717, 1.165) is 5.56 Å². The lowest BCUT2D eigenvalue weighted by molar-refractivity contribution is -0.140. The zero-order chi connectivity index (χ0) is 15.0. The minimum absolute atomic E-state index is 0.154. The van der Waals surface area contributed by atoms with E-state index in [1.165, 1.54) is 0 Å². The molecule has 0 aliphatic carbocycles. The molecule has 0 unspecified atom stereocenters. The molecule has 1 aromatic carbocycles. The summed E-state index contributed by atoms with van der Waals surface area (Å²) in [5.41, 5.74) is 3.93. The molecule has 1 N–H and O–H groups in total. The molecular formula is C14H18N2O4. The van der Waals surface area contributed by atoms with Gasteiger partial charge in [0.2, 0.25) is 0 Å². The van der Waals surface area contributed by atoms with Gasteiger partial charge in [0.05, 0.1) is 18.9 Å². The fourth-order valence-electron chi connectivity index (χ4n) is 1.41. The number of aryl methyl sites for hydroxylation is 1. The number of carbonyl (C=O) groups is 2. The molecule has 0 radical (unpaired) electrons. The maximum Gasteiger partial charge on any atom is 0.366 e. The average Bonchev–Trinajstić information content (AvgIpc) is 2.39. The SMILES string of the molecule is CCOC(=O)C(=NNc1cccc(C)c1)C(=O)OCC. The maximum absolute atomic E-state index is 11.7. The number of esters is 2. The van der Waals surface area contributed by atoms with Crippen LogP contribution in [0.25, 0.3) is 0 Å². The molecule has 6 nitrogen and oxygen atoms in total. The Morgan fingerprint density at radius 1 is 1.15 bits per heavy atom. The number of nitrogens with zero attached hydrogens (tertiary/aromatic N) is 1. The van der Waals surface area contributed by atoms with Crippen LogP contribution in [0.15, 0.2) is 29.4 Å². The Kier molecular flexibility index (Phi) is 6.22. The second-order valence-electron chi connectivity index (χ2n) is 3.88. The number of benzene rings is 1. The highest BCUT2D eigenvalue weighted by Crippen LogP contribution is 2.09. The number of nitrogens with one attached hydrogen (secondary N) is 1. The summed E-state index contributed by atoms with van der Waals surface area (Å²) in [6.07, 6.45) is 0. The highest BCUT2D eigenvalue weighted by atomic mass is 16.6. The fourth-order valence-corrected chi connectivity index (χ4v) is 1.41. The molecule has 0 aliphatic rings. The molecule has 0 amide bonds. The monoisotopic (exact) mass is 278 g/mol. The van der Waals surface area contributed by atoms with Crippen molar-refractivity contribution in [1.82, 2.24) is 0 Å². The standard InChI is InChI=1S/C14H18N2O4/c1-4-19-13(17)12(14(18)20-5-2)16-15-11-8-6-7-10(3)9-11/h6-9,15H,4-5H2,1-3H3. The molecule has 0 saturated heterocycles. The van der Waals surface area contributed by atoms with Gasteiger partial charge in [-0.25, -0.2) is 9.59 Å². The summed E-state index contributed by atoms with van der Waals surface area (Å²) >= 11 is 0. The predicted molar refractivity (Wildman–Crippen MR) is 75.5 cm³/mol. The maximum atomic E-state index is 11.7. The van der Waals surface area contributed by atoms with Crippen molar-refractivity contribution >= 4 is 23.3 Å². The van der Waals surface area contributed by atoms with E-state index < -0.39 is 17.7 Å². The second-order valence-corrected chi connectivity index (χ2v) is 3.88. The van der Waals surface area contributed by atoms with Gasteiger partial charge in [0, 0.05) is 0 Å². The van der Waals surface area contributed by atoms with Crippen molar-refractivity contribution in [2.75, 3.05) is 18.6 Å². The third kappa shape index (κ3) is 4.72. The van der Waals surface area contributed by atoms with E-state index in [0.29, 0.717) is 5.69 Å². The van der Waals surface area contributed by atoms with E-state index in [4.69, 9.17) is 9.47 Å². The minimum atomic E-state index is -0.814. The smallest absolute Gasteiger partial charge is 0.366 e. The van der Waals surface area contributed by atoms with E-state index in [2.05, 4.69) is 10.5 Å². The Labute approximate surface area is 117 Å². The van der Waals surface area contributed by atoms with E-state index in [1.807, 2.05) is 25.1 Å². The van der Waals surface area contributed by atoms with Crippen LogP contribution in [0.5, 0.6) is 0 Å². The summed E-state index contributed by atoms with van der Waals surface area (Å²) in [4.78, 5) is 23.3. The molecule has 0 heterocycles. The Morgan fingerprint density at radius 2 is 1.75 bits per heavy atom. The van der Waals surface area contributed by atoms with Crippen molar-refractivity contribution in [1.29, 1.82) is 0 Å². The number of ether oxygens (including phenoxy) is 2. The highest BCUT2D eigenvalue weighted by molar-refractivity contribution is 6.62. The zero-order valence-corrected chi connectivity index (χ0v) is 11.8. The van der Waals surface area contributed by atoms with Gasteiger partial charge in [-0.15, -0.1) is 0 Å². The number of hydrazone groups is 1. The number of anilines is 1. The van der Waals surface area contributed by atoms with E-state index in [-0.39, 0.29) is 13.2 Å². The van der Waals surface area contributed by atoms with Crippen molar-refractivity contribution in [3.63, 3.8) is 0 Å². The quantitative estimate of drug-likeness (QED) is 0.372. The molecule has 1 aromatic rings. The largest absolute Gasteiger partial charge is 0.461 e. The normalized spacial score (nSPS) is 9.55. The fraction of sp³-hybridized carbons (Fsp3) is 0.357. The summed E-state index contributed by atoms with van der Waals surface area (Å²) in [7, 11) is 0. The van der Waals surface area contributed by atoms with Crippen molar-refractivity contribution in [2.24, 2.45) is 5.10 Å². The lowest BCUT2D eigenvalue weighted by atomic mass is 10.2. The van der Waals surface area contributed by atoms with E-state index >= 15 is 0 Å². The summed E-state index contributed by atoms with van der Waals surface area (Å²) < 4.78 is 9.55. The third-order valence-corrected chi connectivity index (χ3v) is 2.25. The first-order chi connectivity index (χ1) is 9.58. The van der Waals surface area contributed by atoms with Crippen molar-refractivity contribution < 1.29 is 19.1 Å². The number of hydrogen-bond acceptors (Lipinski definition) is 6. The summed E-state index contributed by atoms with van der Waals surface area (Å²) in [5.74, 6) is -1.63. The van der Waals surface area contributed by atoms with Crippen LogP contribution in [-0.2, 0) is 19.1 Å². The van der Waals surface area contributed by atoms with Crippen LogP contribution in [0, 0.1) is 6.92 Å². The van der Waals surface area contributed by atoms with Gasteiger partial charge in [-0.2, -0.15) is 5.10 Å². The average molecular weight is 278 g/mol. The van der Waals surface area contributed by atoms with Crippen molar-refractivity contribution in [3.8, 4) is 0 Å². The minimum Gasteiger partial charge on any atom is -0.461 e. The molecule has 1 rings (SSSR count). The molecule has 0 aromatic heterocycles. The topological polar surface area (TPSA) is 77.0 Å². The Bertz CT molecular complexity index is 492. The van der Waals surface area contributed by atoms with Gasteiger partial charge >= 0.3 is 11.9 Å². The molecule has 0 bridgehead atoms. The molecular weight excluding hydrogens is 260 g/mol. The summed E-state index contributed by atoms with van der Waals surface area (Å²) in [6, 6.07) is 7.36. The first-order valence-corrected chi connectivity index (χ1v) is 6.33. The second kappa shape index (κ2) is 7.93. The molecule has 6 heteroatoms. The van der Waals surface area contributed by atoms with Gasteiger partial charge in [0.15, 0.2) is 0 Å². The predicted octanol–water partition coefficient (Wildman–Crippen LogP) is 1.89. The molecule has 0 aliphatic heterocycles. The van der Waals surface area contributed by atoms with Gasteiger partial charge in [-0.1, -0.05) is 12.1 Å². The zero-order valence-electron chi connectivity index (χ0n) is 11.8. The molecule has 0 atom stereocenters. The van der Waals surface area contributed by atoms with Crippen molar-refractivity contribution in [3.05, 3.63) is 29.8 Å². The lowest BCUT2D eigenvalue weighted by Gasteiger charge is -2.06. The highest BCUT2D eigenvalue weighted by Gasteiger charge is 2.23. The summed E-state index contributed by atoms with van der Waals surface area (Å²) in [6.45, 7) is 5.53. The molecule has 20 heavy (non-hydrogen) atoms.